The van der Waals surface area contributed by atoms with E-state index in [-0.39, 0.29) is 11.4 Å². The number of thiophene rings is 1. The Labute approximate surface area is 171 Å². The Morgan fingerprint density at radius 3 is 2.61 bits per heavy atom. The quantitative estimate of drug-likeness (QED) is 0.356. The van der Waals surface area contributed by atoms with Crippen LogP contribution in [-0.4, -0.2) is 25.7 Å². The Hall–Kier alpha value is -2.29. The summed E-state index contributed by atoms with van der Waals surface area (Å²) < 4.78 is 25.4. The Bertz CT molecular complexity index is 1190. The van der Waals surface area contributed by atoms with E-state index < -0.39 is 10.8 Å². The van der Waals surface area contributed by atoms with Crippen LogP contribution in [0.2, 0.25) is 0 Å². The Morgan fingerprint density at radius 2 is 1.86 bits per heavy atom. The predicted octanol–water partition coefficient (Wildman–Crippen LogP) is 4.69. The number of hydrogen-bond donors (Lipinski definition) is 1. The highest BCUT2D eigenvalue weighted by molar-refractivity contribution is 8.00. The third kappa shape index (κ3) is 4.09. The predicted molar refractivity (Wildman–Crippen MR) is 114 cm³/mol. The fourth-order valence-electron chi connectivity index (χ4n) is 2.74. The number of fused-ring (bicyclic) bond motifs is 1. The van der Waals surface area contributed by atoms with Crippen LogP contribution < -0.4 is 5.56 Å². The summed E-state index contributed by atoms with van der Waals surface area (Å²) in [6.45, 7) is 0. The van der Waals surface area contributed by atoms with E-state index in [9.17, 15) is 13.4 Å². The molecular weight excluding hydrogens is 415 g/mol. The maximum absolute atomic E-state index is 13.2. The molecule has 142 valence electrons. The molecule has 2 aromatic heterocycles. The highest BCUT2D eigenvalue weighted by Crippen LogP contribution is 2.31. The summed E-state index contributed by atoms with van der Waals surface area (Å²) in [6.07, 6.45) is 0. The standard InChI is InChI=1S/C20H15FN2O2S3/c21-14-8-6-13(7-9-14)16-12-27-19-17(16)18(24)22-20(23-19)26-10-11-28(25)15-4-2-1-3-5-15/h1-9,12H,10-11H2,(H,22,23,24). The van der Waals surface area contributed by atoms with Gasteiger partial charge in [0, 0.05) is 27.3 Å². The number of rotatable bonds is 6. The van der Waals surface area contributed by atoms with Gasteiger partial charge in [0.15, 0.2) is 5.16 Å². The second-order valence-corrected chi connectivity index (χ2v) is 9.43. The third-order valence-electron chi connectivity index (χ3n) is 4.09. The normalized spacial score (nSPS) is 12.3. The summed E-state index contributed by atoms with van der Waals surface area (Å²) >= 11 is 2.76. The molecule has 0 aliphatic heterocycles. The summed E-state index contributed by atoms with van der Waals surface area (Å²) in [5.41, 5.74) is 1.30. The van der Waals surface area contributed by atoms with Gasteiger partial charge in [0.1, 0.15) is 10.6 Å². The molecule has 2 heterocycles. The van der Waals surface area contributed by atoms with Crippen molar-refractivity contribution in [3.8, 4) is 11.1 Å². The number of aromatic nitrogens is 2. The molecule has 28 heavy (non-hydrogen) atoms. The van der Waals surface area contributed by atoms with Crippen molar-refractivity contribution in [1.82, 2.24) is 9.97 Å². The van der Waals surface area contributed by atoms with Gasteiger partial charge < -0.3 is 4.98 Å². The lowest BCUT2D eigenvalue weighted by Gasteiger charge is -2.03. The Balaban J connectivity index is 1.51. The van der Waals surface area contributed by atoms with Gasteiger partial charge in [-0.15, -0.1) is 11.3 Å². The number of H-pyrrole nitrogens is 1. The van der Waals surface area contributed by atoms with Crippen molar-refractivity contribution >= 4 is 44.1 Å². The molecule has 4 nitrogen and oxygen atoms in total. The van der Waals surface area contributed by atoms with Crippen LogP contribution in [0.4, 0.5) is 4.39 Å². The van der Waals surface area contributed by atoms with E-state index in [1.807, 2.05) is 35.7 Å². The first-order valence-electron chi connectivity index (χ1n) is 8.45. The van der Waals surface area contributed by atoms with Crippen LogP contribution in [0.5, 0.6) is 0 Å². The zero-order valence-electron chi connectivity index (χ0n) is 14.6. The Morgan fingerprint density at radius 1 is 1.11 bits per heavy atom. The summed E-state index contributed by atoms with van der Waals surface area (Å²) in [6, 6.07) is 15.3. The average Bonchev–Trinajstić information content (AvgIpc) is 3.14. The van der Waals surface area contributed by atoms with Gasteiger partial charge in [0.2, 0.25) is 0 Å². The van der Waals surface area contributed by atoms with Gasteiger partial charge in [0.25, 0.3) is 5.56 Å². The first kappa shape index (κ1) is 19.0. The van der Waals surface area contributed by atoms with Crippen LogP contribution in [-0.2, 0) is 10.8 Å². The summed E-state index contributed by atoms with van der Waals surface area (Å²) in [4.78, 5) is 21.4. The molecule has 0 saturated carbocycles. The molecule has 1 unspecified atom stereocenters. The van der Waals surface area contributed by atoms with Gasteiger partial charge in [-0.1, -0.05) is 42.1 Å². The summed E-state index contributed by atoms with van der Waals surface area (Å²) in [7, 11) is -1.08. The molecule has 0 aliphatic carbocycles. The molecule has 0 radical (unpaired) electrons. The zero-order valence-corrected chi connectivity index (χ0v) is 17.0. The van der Waals surface area contributed by atoms with Crippen molar-refractivity contribution in [2.45, 2.75) is 10.1 Å². The van der Waals surface area contributed by atoms with Gasteiger partial charge in [0.05, 0.1) is 16.2 Å². The minimum Gasteiger partial charge on any atom is -0.301 e. The van der Waals surface area contributed by atoms with Crippen molar-refractivity contribution < 1.29 is 8.60 Å². The first-order chi connectivity index (χ1) is 13.6. The second-order valence-electron chi connectivity index (χ2n) is 5.92. The SMILES string of the molecule is O=c1[nH]c(SCCS(=O)c2ccccc2)nc2scc(-c3ccc(F)cc3)c12. The lowest BCUT2D eigenvalue weighted by Crippen LogP contribution is -2.09. The fraction of sp³-hybridized carbons (Fsp3) is 0.100. The lowest BCUT2D eigenvalue weighted by atomic mass is 10.1. The van der Waals surface area contributed by atoms with Gasteiger partial charge in [-0.05, 0) is 29.8 Å². The Kier molecular flexibility index (Phi) is 5.70. The monoisotopic (exact) mass is 430 g/mol. The zero-order chi connectivity index (χ0) is 19.5. The van der Waals surface area contributed by atoms with Crippen LogP contribution in [0, 0.1) is 5.82 Å². The number of thioether (sulfide) groups is 1. The molecular formula is C20H15FN2O2S3. The molecule has 4 aromatic rings. The molecule has 0 spiro atoms. The van der Waals surface area contributed by atoms with Crippen molar-refractivity contribution in [3.63, 3.8) is 0 Å². The summed E-state index contributed by atoms with van der Waals surface area (Å²) in [5, 5.41) is 2.88. The molecule has 4 rings (SSSR count). The van der Waals surface area contributed by atoms with Gasteiger partial charge in [-0.3, -0.25) is 9.00 Å². The van der Waals surface area contributed by atoms with Crippen molar-refractivity contribution in [2.24, 2.45) is 0 Å². The van der Waals surface area contributed by atoms with E-state index in [4.69, 9.17) is 0 Å². The molecule has 0 saturated heterocycles. The third-order valence-corrected chi connectivity index (χ3v) is 7.47. The summed E-state index contributed by atoms with van der Waals surface area (Å²) in [5.74, 6) is 0.732. The van der Waals surface area contributed by atoms with E-state index in [0.717, 1.165) is 16.0 Å². The van der Waals surface area contributed by atoms with Crippen molar-refractivity contribution in [2.75, 3.05) is 11.5 Å². The highest BCUT2D eigenvalue weighted by atomic mass is 32.2. The molecule has 0 aliphatic rings. The van der Waals surface area contributed by atoms with Crippen LogP contribution in [0.25, 0.3) is 21.3 Å². The van der Waals surface area contributed by atoms with Gasteiger partial charge >= 0.3 is 0 Å². The maximum Gasteiger partial charge on any atom is 0.260 e. The van der Waals surface area contributed by atoms with Crippen LogP contribution >= 0.6 is 23.1 Å². The van der Waals surface area contributed by atoms with Crippen molar-refractivity contribution in [1.29, 1.82) is 0 Å². The fourth-order valence-corrected chi connectivity index (χ4v) is 5.90. The number of benzene rings is 2. The number of nitrogens with zero attached hydrogens (tertiary/aromatic N) is 1. The smallest absolute Gasteiger partial charge is 0.260 e. The van der Waals surface area contributed by atoms with E-state index >= 15 is 0 Å². The van der Waals surface area contributed by atoms with E-state index in [0.29, 0.717) is 26.9 Å². The highest BCUT2D eigenvalue weighted by Gasteiger charge is 2.13. The molecule has 1 atom stereocenters. The molecule has 0 amide bonds. The lowest BCUT2D eigenvalue weighted by molar-refractivity contribution is 0.628. The molecule has 0 fully saturated rings. The minimum atomic E-state index is -1.08. The molecule has 1 N–H and O–H groups in total. The minimum absolute atomic E-state index is 0.225. The van der Waals surface area contributed by atoms with E-state index in [1.165, 1.54) is 35.2 Å². The topological polar surface area (TPSA) is 62.8 Å². The van der Waals surface area contributed by atoms with Gasteiger partial charge in [-0.2, -0.15) is 0 Å². The van der Waals surface area contributed by atoms with E-state index in [2.05, 4.69) is 9.97 Å². The van der Waals surface area contributed by atoms with Gasteiger partial charge in [-0.25, -0.2) is 9.37 Å². The van der Waals surface area contributed by atoms with E-state index in [1.54, 1.807) is 12.1 Å². The molecule has 2 aromatic carbocycles. The largest absolute Gasteiger partial charge is 0.301 e. The maximum atomic E-state index is 13.2. The van der Waals surface area contributed by atoms with Crippen LogP contribution in [0.3, 0.4) is 0 Å². The number of nitrogens with one attached hydrogen (secondary N) is 1. The second kappa shape index (κ2) is 8.38. The number of halogens is 1. The molecule has 0 bridgehead atoms. The van der Waals surface area contributed by atoms with Crippen LogP contribution in [0.1, 0.15) is 0 Å². The van der Waals surface area contributed by atoms with Crippen molar-refractivity contribution in [3.05, 3.63) is 76.1 Å². The van der Waals surface area contributed by atoms with Crippen LogP contribution in [0.15, 0.2) is 74.8 Å². The average molecular weight is 431 g/mol. The first-order valence-corrected chi connectivity index (χ1v) is 11.6. The number of hydrogen-bond acceptors (Lipinski definition) is 5. The molecule has 8 heteroatoms. The number of aromatic amines is 1.